The number of benzene rings is 2. The van der Waals surface area contributed by atoms with Crippen LogP contribution < -0.4 is 14.2 Å². The molecule has 1 spiro atoms. The average molecular weight is 560 g/mol. The molecule has 0 saturated carbocycles. The van der Waals surface area contributed by atoms with Gasteiger partial charge < -0.3 is 19.2 Å². The van der Waals surface area contributed by atoms with Crippen molar-refractivity contribution in [3.05, 3.63) is 59.8 Å². The van der Waals surface area contributed by atoms with E-state index in [-0.39, 0.29) is 11.3 Å². The van der Waals surface area contributed by atoms with Crippen molar-refractivity contribution >= 4 is 21.0 Å². The molecule has 7 nitrogen and oxygen atoms in total. The number of aromatic nitrogens is 1. The molecule has 0 bridgehead atoms. The fourth-order valence-electron chi connectivity index (χ4n) is 4.87. The third kappa shape index (κ3) is 6.24. The van der Waals surface area contributed by atoms with Crippen LogP contribution in [0.3, 0.4) is 0 Å². The highest BCUT2D eigenvalue weighted by Crippen LogP contribution is 2.40. The average Bonchev–Trinajstić information content (AvgIpc) is 3.49. The molecule has 0 radical (unpaired) electrons. The molecule has 1 atom stereocenters. The maximum absolute atomic E-state index is 12.7. The van der Waals surface area contributed by atoms with E-state index in [2.05, 4.69) is 19.4 Å². The van der Waals surface area contributed by atoms with Crippen LogP contribution in [0.2, 0.25) is 0 Å². The van der Waals surface area contributed by atoms with Gasteiger partial charge in [-0.15, -0.1) is 0 Å². The lowest BCUT2D eigenvalue weighted by atomic mass is 9.86. The predicted octanol–water partition coefficient (Wildman–Crippen LogP) is 5.13. The normalized spacial score (nSPS) is 19.2. The Morgan fingerprint density at radius 1 is 1.05 bits per heavy atom. The van der Waals surface area contributed by atoms with Gasteiger partial charge in [0.1, 0.15) is 18.1 Å². The zero-order chi connectivity index (χ0) is 28.0. The van der Waals surface area contributed by atoms with E-state index in [1.807, 2.05) is 44.2 Å². The van der Waals surface area contributed by atoms with Crippen molar-refractivity contribution in [2.24, 2.45) is 0 Å². The van der Waals surface area contributed by atoms with Crippen molar-refractivity contribution in [2.75, 3.05) is 40.0 Å². The molecule has 1 fully saturated rings. The number of nitrogens with one attached hydrogen (secondary N) is 2. The number of rotatable bonds is 6. The van der Waals surface area contributed by atoms with Gasteiger partial charge in [-0.3, -0.25) is 9.29 Å². The number of fused-ring (bicyclic) bond motifs is 4. The first-order valence-electron chi connectivity index (χ1n) is 12.4. The lowest BCUT2D eigenvalue weighted by molar-refractivity contribution is -0.0500. The Labute approximate surface area is 220 Å². The summed E-state index contributed by atoms with van der Waals surface area (Å²) in [7, 11) is -5.22. The van der Waals surface area contributed by atoms with Gasteiger partial charge in [0, 0.05) is 42.8 Å². The molecule has 3 heterocycles. The highest BCUT2D eigenvalue weighted by Gasteiger charge is 2.49. The molecule has 210 valence electrons. The highest BCUT2D eigenvalue weighted by atomic mass is 32.2. The smallest absolute Gasteiger partial charge is 0.492 e. The van der Waals surface area contributed by atoms with Crippen molar-refractivity contribution in [1.82, 2.24) is 15.2 Å². The van der Waals surface area contributed by atoms with Gasteiger partial charge in [0.2, 0.25) is 0 Å². The van der Waals surface area contributed by atoms with Crippen molar-refractivity contribution in [3.8, 4) is 11.5 Å². The van der Waals surface area contributed by atoms with Gasteiger partial charge in [0.25, 0.3) is 0 Å². The first kappa shape index (κ1) is 29.7. The largest absolute Gasteiger partial charge is 0.534 e. The molecule has 0 amide bonds. The molecule has 2 aliphatic heterocycles. The Morgan fingerprint density at radius 2 is 1.76 bits per heavy atom. The summed E-state index contributed by atoms with van der Waals surface area (Å²) in [6, 6.07) is 13.8. The van der Waals surface area contributed by atoms with E-state index < -0.39 is 15.6 Å². The summed E-state index contributed by atoms with van der Waals surface area (Å²) in [4.78, 5) is 5.74. The standard InChI is InChI=1S/C23H24F3N3O4S.C2H6.CH3F/c24-23(25,26)34(30,31)33-17-6-7-20-19(14-17)18-8-10-27-22(21(18)28-20)9-11-29(15-22)12-13-32-16-4-2-1-3-5-16;2*1-2/h1-7,14,27-28H,8-13,15H2;1-2H3;1H3. The molecule has 1 aromatic heterocycles. The summed E-state index contributed by atoms with van der Waals surface area (Å²) in [6.07, 6.45) is 1.54. The quantitative estimate of drug-likeness (QED) is 0.248. The molecule has 12 heteroatoms. The zero-order valence-electron chi connectivity index (χ0n) is 21.6. The summed E-state index contributed by atoms with van der Waals surface area (Å²) in [5.41, 5.74) is -3.08. The van der Waals surface area contributed by atoms with Crippen LogP contribution >= 0.6 is 0 Å². The number of alkyl halides is 4. The fourth-order valence-corrected chi connectivity index (χ4v) is 5.32. The fraction of sp³-hybridized carbons (Fsp3) is 0.462. The maximum atomic E-state index is 12.7. The second-order valence-electron chi connectivity index (χ2n) is 8.62. The number of nitrogens with zero attached hydrogens (tertiary/aromatic N) is 1. The second-order valence-corrected chi connectivity index (χ2v) is 10.2. The maximum Gasteiger partial charge on any atom is 0.534 e. The molecule has 0 aliphatic carbocycles. The first-order chi connectivity index (χ1) is 18.2. The number of hydrogen-bond donors (Lipinski definition) is 2. The van der Waals surface area contributed by atoms with Gasteiger partial charge >= 0.3 is 15.6 Å². The minimum atomic E-state index is -5.72. The molecule has 2 aromatic carbocycles. The number of H-pyrrole nitrogens is 1. The summed E-state index contributed by atoms with van der Waals surface area (Å²) < 4.78 is 80.7. The molecular formula is C26H33F4N3O4S. The van der Waals surface area contributed by atoms with E-state index in [9.17, 15) is 26.0 Å². The SMILES string of the molecule is CC.CF.O=S(=O)(Oc1ccc2[nH]c3c(c2c1)CCNC31CCN(CCOc2ccccc2)C1)C(F)(F)F. The summed E-state index contributed by atoms with van der Waals surface area (Å²) in [5, 5.41) is 4.31. The Bertz CT molecular complexity index is 1300. The molecule has 3 aromatic rings. The van der Waals surface area contributed by atoms with E-state index in [0.29, 0.717) is 32.1 Å². The van der Waals surface area contributed by atoms with Gasteiger partial charge in [0.05, 0.1) is 12.7 Å². The molecule has 5 rings (SSSR count). The van der Waals surface area contributed by atoms with Crippen LogP contribution in [0.1, 0.15) is 31.5 Å². The topological polar surface area (TPSA) is 83.7 Å². The number of hydrogen-bond acceptors (Lipinski definition) is 6. The van der Waals surface area contributed by atoms with E-state index >= 15 is 0 Å². The first-order valence-corrected chi connectivity index (χ1v) is 13.8. The minimum Gasteiger partial charge on any atom is -0.492 e. The van der Waals surface area contributed by atoms with Gasteiger partial charge in [-0.25, -0.2) is 0 Å². The summed E-state index contributed by atoms with van der Waals surface area (Å²) in [5.74, 6) is 0.473. The second kappa shape index (κ2) is 12.4. The summed E-state index contributed by atoms with van der Waals surface area (Å²) in [6.45, 7) is 7.67. The van der Waals surface area contributed by atoms with Gasteiger partial charge in [-0.1, -0.05) is 32.0 Å². The van der Waals surface area contributed by atoms with Crippen molar-refractivity contribution in [2.45, 2.75) is 37.7 Å². The van der Waals surface area contributed by atoms with Crippen LogP contribution in [-0.4, -0.2) is 63.8 Å². The lowest BCUT2D eigenvalue weighted by Gasteiger charge is -2.35. The van der Waals surface area contributed by atoms with Crippen LogP contribution in [0.5, 0.6) is 11.5 Å². The molecule has 1 saturated heterocycles. The Hall–Kier alpha value is -2.83. The monoisotopic (exact) mass is 559 g/mol. The van der Waals surface area contributed by atoms with Gasteiger partial charge in [-0.2, -0.15) is 21.6 Å². The van der Waals surface area contributed by atoms with Crippen LogP contribution in [0, 0.1) is 0 Å². The Morgan fingerprint density at radius 3 is 2.45 bits per heavy atom. The van der Waals surface area contributed by atoms with Crippen LogP contribution in [0.25, 0.3) is 10.9 Å². The molecule has 38 heavy (non-hydrogen) atoms. The van der Waals surface area contributed by atoms with Crippen LogP contribution in [0.15, 0.2) is 48.5 Å². The molecule has 2 aliphatic rings. The van der Waals surface area contributed by atoms with Crippen molar-refractivity contribution in [3.63, 3.8) is 0 Å². The van der Waals surface area contributed by atoms with Gasteiger partial charge in [0.15, 0.2) is 0 Å². The molecular weight excluding hydrogens is 526 g/mol. The van der Waals surface area contributed by atoms with Crippen molar-refractivity contribution in [1.29, 1.82) is 0 Å². The van der Waals surface area contributed by atoms with Crippen molar-refractivity contribution < 1.29 is 34.9 Å². The number of para-hydroxylation sites is 1. The van der Waals surface area contributed by atoms with Gasteiger partial charge in [-0.05, 0) is 48.7 Å². The third-order valence-corrected chi connectivity index (χ3v) is 7.43. The Kier molecular flexibility index (Phi) is 9.66. The van der Waals surface area contributed by atoms with Crippen LogP contribution in [-0.2, 0) is 22.1 Å². The predicted molar refractivity (Wildman–Crippen MR) is 139 cm³/mol. The zero-order valence-corrected chi connectivity index (χ0v) is 22.4. The minimum absolute atomic E-state index is 0.307. The summed E-state index contributed by atoms with van der Waals surface area (Å²) >= 11 is 0. The van der Waals surface area contributed by atoms with E-state index in [4.69, 9.17) is 4.74 Å². The van der Waals surface area contributed by atoms with Crippen LogP contribution in [0.4, 0.5) is 17.6 Å². The number of ether oxygens (including phenoxy) is 1. The number of halogens is 4. The number of aromatic amines is 1. The van der Waals surface area contributed by atoms with E-state index in [1.54, 1.807) is 6.07 Å². The Balaban J connectivity index is 0.000000956. The van der Waals surface area contributed by atoms with E-state index in [1.165, 1.54) is 12.1 Å². The number of likely N-dealkylation sites (tertiary alicyclic amines) is 1. The third-order valence-electron chi connectivity index (χ3n) is 6.45. The molecule has 2 N–H and O–H groups in total. The molecule has 1 unspecified atom stereocenters. The van der Waals surface area contributed by atoms with E-state index in [0.717, 1.165) is 48.6 Å². The highest BCUT2D eigenvalue weighted by molar-refractivity contribution is 7.88. The lowest BCUT2D eigenvalue weighted by Crippen LogP contribution is -2.49.